The van der Waals surface area contributed by atoms with Gasteiger partial charge in [-0.05, 0) is 50.5 Å². The number of hydrogen-bond acceptors (Lipinski definition) is 3. The fourth-order valence-corrected chi connectivity index (χ4v) is 2.30. The van der Waals surface area contributed by atoms with Crippen LogP contribution in [0.5, 0.6) is 5.75 Å². The lowest BCUT2D eigenvalue weighted by Gasteiger charge is -2.35. The largest absolute Gasteiger partial charge is 0.484 e. The summed E-state index contributed by atoms with van der Waals surface area (Å²) in [5.41, 5.74) is 0.274. The van der Waals surface area contributed by atoms with Crippen LogP contribution >= 0.6 is 11.6 Å². The van der Waals surface area contributed by atoms with Crippen molar-refractivity contribution in [1.82, 2.24) is 4.90 Å². The van der Waals surface area contributed by atoms with Crippen LogP contribution in [0.15, 0.2) is 18.2 Å². The van der Waals surface area contributed by atoms with Gasteiger partial charge in [0.25, 0.3) is 5.91 Å². The van der Waals surface area contributed by atoms with Crippen LogP contribution in [0.25, 0.3) is 0 Å². The van der Waals surface area contributed by atoms with E-state index in [4.69, 9.17) is 16.3 Å². The molecule has 4 nitrogen and oxygen atoms in total. The topological polar surface area (TPSA) is 49.8 Å². The monoisotopic (exact) mass is 297 g/mol. The number of nitrogens with zero attached hydrogens (tertiary/aromatic N) is 1. The summed E-state index contributed by atoms with van der Waals surface area (Å²) < 4.78 is 5.50. The second-order valence-electron chi connectivity index (χ2n) is 5.58. The first kappa shape index (κ1) is 15.1. The lowest BCUT2D eigenvalue weighted by Crippen LogP contribution is -2.46. The standard InChI is InChI=1S/C15H20ClNO3/c1-11-9-12(3-4-13(11)16)20-10-14(18)17-7-5-15(2,19)6-8-17/h3-4,9,19H,5-8,10H2,1-2H3. The molecule has 1 heterocycles. The van der Waals surface area contributed by atoms with E-state index in [9.17, 15) is 9.90 Å². The second-order valence-corrected chi connectivity index (χ2v) is 5.98. The van der Waals surface area contributed by atoms with Gasteiger partial charge < -0.3 is 14.7 Å². The molecule has 1 fully saturated rings. The highest BCUT2D eigenvalue weighted by atomic mass is 35.5. The minimum atomic E-state index is -0.648. The molecular formula is C15H20ClNO3. The van der Waals surface area contributed by atoms with Crippen molar-refractivity contribution < 1.29 is 14.6 Å². The van der Waals surface area contributed by atoms with Crippen LogP contribution in [0.2, 0.25) is 5.02 Å². The molecule has 0 saturated carbocycles. The van der Waals surface area contributed by atoms with Crippen LogP contribution < -0.4 is 4.74 Å². The molecule has 5 heteroatoms. The summed E-state index contributed by atoms with van der Waals surface area (Å²) in [6, 6.07) is 5.33. The number of hydrogen-bond donors (Lipinski definition) is 1. The fraction of sp³-hybridized carbons (Fsp3) is 0.533. The number of rotatable bonds is 3. The summed E-state index contributed by atoms with van der Waals surface area (Å²) in [6.07, 6.45) is 1.22. The number of aryl methyl sites for hydroxylation is 1. The number of carbonyl (C=O) groups excluding carboxylic acids is 1. The van der Waals surface area contributed by atoms with Gasteiger partial charge in [0.1, 0.15) is 5.75 Å². The van der Waals surface area contributed by atoms with Gasteiger partial charge in [0.15, 0.2) is 6.61 Å². The SMILES string of the molecule is Cc1cc(OCC(=O)N2CCC(C)(O)CC2)ccc1Cl. The van der Waals surface area contributed by atoms with Gasteiger partial charge >= 0.3 is 0 Å². The zero-order chi connectivity index (χ0) is 14.8. The number of benzene rings is 1. The predicted molar refractivity (Wildman–Crippen MR) is 78.1 cm³/mol. The molecule has 20 heavy (non-hydrogen) atoms. The average Bonchev–Trinajstić information content (AvgIpc) is 2.40. The second kappa shape index (κ2) is 6.02. The van der Waals surface area contributed by atoms with E-state index in [2.05, 4.69) is 0 Å². The number of carbonyl (C=O) groups is 1. The van der Waals surface area contributed by atoms with E-state index in [-0.39, 0.29) is 12.5 Å². The van der Waals surface area contributed by atoms with Crippen molar-refractivity contribution in [3.63, 3.8) is 0 Å². The molecule has 0 atom stereocenters. The third-order valence-corrected chi connectivity index (χ3v) is 4.11. The van der Waals surface area contributed by atoms with Gasteiger partial charge in [-0.25, -0.2) is 0 Å². The zero-order valence-electron chi connectivity index (χ0n) is 11.9. The molecule has 1 saturated heterocycles. The molecule has 2 rings (SSSR count). The number of piperidine rings is 1. The number of halogens is 1. The third-order valence-electron chi connectivity index (χ3n) is 3.69. The van der Waals surface area contributed by atoms with Crippen molar-refractivity contribution >= 4 is 17.5 Å². The summed E-state index contributed by atoms with van der Waals surface area (Å²) in [5, 5.41) is 10.5. The first-order valence-electron chi connectivity index (χ1n) is 6.76. The van der Waals surface area contributed by atoms with Crippen LogP contribution in [0, 0.1) is 6.92 Å². The predicted octanol–water partition coefficient (Wildman–Crippen LogP) is 2.40. The molecule has 110 valence electrons. The molecule has 1 amide bonds. The van der Waals surface area contributed by atoms with Gasteiger partial charge in [-0.15, -0.1) is 0 Å². The lowest BCUT2D eigenvalue weighted by molar-refractivity contribution is -0.137. The maximum atomic E-state index is 12.0. The molecule has 1 N–H and O–H groups in total. The van der Waals surface area contributed by atoms with Crippen LogP contribution in [0.3, 0.4) is 0 Å². The molecule has 0 unspecified atom stereocenters. The van der Waals surface area contributed by atoms with Crippen molar-refractivity contribution in [3.05, 3.63) is 28.8 Å². The smallest absolute Gasteiger partial charge is 0.260 e. The molecule has 1 aliphatic heterocycles. The van der Waals surface area contributed by atoms with E-state index >= 15 is 0 Å². The summed E-state index contributed by atoms with van der Waals surface area (Å²) in [6.45, 7) is 4.87. The Morgan fingerprint density at radius 3 is 2.70 bits per heavy atom. The number of amides is 1. The van der Waals surface area contributed by atoms with Crippen LogP contribution in [0.4, 0.5) is 0 Å². The molecular weight excluding hydrogens is 278 g/mol. The molecule has 0 radical (unpaired) electrons. The highest BCUT2D eigenvalue weighted by Gasteiger charge is 2.29. The number of likely N-dealkylation sites (tertiary alicyclic amines) is 1. The fourth-order valence-electron chi connectivity index (χ4n) is 2.18. The number of aliphatic hydroxyl groups is 1. The minimum absolute atomic E-state index is 0.0171. The van der Waals surface area contributed by atoms with E-state index in [0.29, 0.717) is 36.7 Å². The van der Waals surface area contributed by atoms with Crippen molar-refractivity contribution in [1.29, 1.82) is 0 Å². The third kappa shape index (κ3) is 3.87. The normalized spacial score (nSPS) is 17.9. The van der Waals surface area contributed by atoms with Gasteiger partial charge in [0.2, 0.25) is 0 Å². The zero-order valence-corrected chi connectivity index (χ0v) is 12.6. The van der Waals surface area contributed by atoms with Gasteiger partial charge in [0.05, 0.1) is 5.60 Å². The summed E-state index contributed by atoms with van der Waals surface area (Å²) >= 11 is 5.94. The van der Waals surface area contributed by atoms with Crippen LogP contribution in [-0.2, 0) is 4.79 Å². The first-order chi connectivity index (χ1) is 9.37. The Morgan fingerprint density at radius 1 is 1.45 bits per heavy atom. The van der Waals surface area contributed by atoms with Crippen molar-refractivity contribution in [2.24, 2.45) is 0 Å². The molecule has 0 aromatic heterocycles. The van der Waals surface area contributed by atoms with E-state index in [1.807, 2.05) is 19.9 Å². The Labute approximate surface area is 124 Å². The Balaban J connectivity index is 1.85. The van der Waals surface area contributed by atoms with Gasteiger partial charge in [0, 0.05) is 18.1 Å². The maximum absolute atomic E-state index is 12.0. The lowest BCUT2D eigenvalue weighted by atomic mass is 9.94. The van der Waals surface area contributed by atoms with Crippen LogP contribution in [-0.4, -0.2) is 41.2 Å². The maximum Gasteiger partial charge on any atom is 0.260 e. The van der Waals surface area contributed by atoms with Gasteiger partial charge in [-0.3, -0.25) is 4.79 Å². The first-order valence-corrected chi connectivity index (χ1v) is 7.14. The molecule has 1 aromatic carbocycles. The van der Waals surface area contributed by atoms with E-state index in [1.54, 1.807) is 17.0 Å². The highest BCUT2D eigenvalue weighted by Crippen LogP contribution is 2.22. The average molecular weight is 298 g/mol. The Hall–Kier alpha value is -1.26. The Bertz CT molecular complexity index is 492. The number of ether oxygens (including phenoxy) is 1. The van der Waals surface area contributed by atoms with Crippen molar-refractivity contribution in [3.8, 4) is 5.75 Å². The van der Waals surface area contributed by atoms with E-state index in [0.717, 1.165) is 5.56 Å². The Morgan fingerprint density at radius 2 is 2.10 bits per heavy atom. The van der Waals surface area contributed by atoms with Crippen molar-refractivity contribution in [2.45, 2.75) is 32.3 Å². The summed E-state index contributed by atoms with van der Waals surface area (Å²) in [4.78, 5) is 13.8. The van der Waals surface area contributed by atoms with E-state index < -0.39 is 5.60 Å². The van der Waals surface area contributed by atoms with Gasteiger partial charge in [-0.1, -0.05) is 11.6 Å². The molecule has 1 aliphatic rings. The van der Waals surface area contributed by atoms with E-state index in [1.165, 1.54) is 0 Å². The Kier molecular flexibility index (Phi) is 4.55. The molecule has 0 spiro atoms. The summed E-state index contributed by atoms with van der Waals surface area (Å²) in [5.74, 6) is 0.595. The van der Waals surface area contributed by atoms with Gasteiger partial charge in [-0.2, -0.15) is 0 Å². The molecule has 0 bridgehead atoms. The highest BCUT2D eigenvalue weighted by molar-refractivity contribution is 6.31. The molecule has 0 aliphatic carbocycles. The summed E-state index contributed by atoms with van der Waals surface area (Å²) in [7, 11) is 0. The molecule has 1 aromatic rings. The van der Waals surface area contributed by atoms with Crippen molar-refractivity contribution in [2.75, 3.05) is 19.7 Å². The quantitative estimate of drug-likeness (QED) is 0.932. The minimum Gasteiger partial charge on any atom is -0.484 e. The van der Waals surface area contributed by atoms with Crippen LogP contribution in [0.1, 0.15) is 25.3 Å².